The summed E-state index contributed by atoms with van der Waals surface area (Å²) in [4.78, 5) is 3.13. The van der Waals surface area contributed by atoms with Gasteiger partial charge in [0.2, 0.25) is 0 Å². The van der Waals surface area contributed by atoms with E-state index in [1.165, 1.54) is 0 Å². The molecule has 0 atom stereocenters. The predicted molar refractivity (Wildman–Crippen MR) is 45.3 cm³/mol. The Bertz CT molecular complexity index is 395. The molecule has 0 amide bonds. The minimum atomic E-state index is -5.04. The molecule has 90 valence electrons. The molecule has 1 aromatic heterocycles. The summed E-state index contributed by atoms with van der Waals surface area (Å²) < 4.78 is 63.6. The Morgan fingerprint density at radius 1 is 1.38 bits per heavy atom. The van der Waals surface area contributed by atoms with Crippen LogP contribution in [-0.4, -0.2) is 11.3 Å². The van der Waals surface area contributed by atoms with Crippen LogP contribution in [0.2, 0.25) is 5.15 Å². The molecular formula is C7H4ClF5N2O. The SMILES string of the molecule is Nc1c(OC(F)(F)F)cnc(Cl)c1C(F)F. The highest BCUT2D eigenvalue weighted by atomic mass is 35.5. The summed E-state index contributed by atoms with van der Waals surface area (Å²) in [6, 6.07) is 0. The Morgan fingerprint density at radius 3 is 2.38 bits per heavy atom. The second-order valence-corrected chi connectivity index (χ2v) is 2.95. The lowest BCUT2D eigenvalue weighted by Crippen LogP contribution is -2.18. The van der Waals surface area contributed by atoms with Crippen LogP contribution in [0.4, 0.5) is 27.6 Å². The fourth-order valence-electron chi connectivity index (χ4n) is 0.912. The molecule has 0 bridgehead atoms. The number of rotatable bonds is 2. The molecule has 0 aliphatic carbocycles. The van der Waals surface area contributed by atoms with Crippen molar-refractivity contribution in [1.29, 1.82) is 0 Å². The molecule has 2 N–H and O–H groups in total. The van der Waals surface area contributed by atoms with Crippen molar-refractivity contribution in [3.8, 4) is 5.75 Å². The third-order valence-corrected chi connectivity index (χ3v) is 1.82. The van der Waals surface area contributed by atoms with E-state index in [0.29, 0.717) is 6.20 Å². The number of ether oxygens (including phenoxy) is 1. The minimum Gasteiger partial charge on any atom is -0.402 e. The first kappa shape index (κ1) is 12.8. The van der Waals surface area contributed by atoms with E-state index >= 15 is 0 Å². The lowest BCUT2D eigenvalue weighted by atomic mass is 10.2. The van der Waals surface area contributed by atoms with Crippen molar-refractivity contribution in [3.05, 3.63) is 16.9 Å². The molecule has 16 heavy (non-hydrogen) atoms. The van der Waals surface area contributed by atoms with Crippen molar-refractivity contribution in [1.82, 2.24) is 4.98 Å². The van der Waals surface area contributed by atoms with Gasteiger partial charge < -0.3 is 10.5 Å². The monoisotopic (exact) mass is 262 g/mol. The number of nitrogens with zero attached hydrogens (tertiary/aromatic N) is 1. The maximum absolute atomic E-state index is 12.4. The number of nitrogen functional groups attached to an aromatic ring is 1. The number of hydrogen-bond acceptors (Lipinski definition) is 3. The van der Waals surface area contributed by atoms with Gasteiger partial charge in [-0.1, -0.05) is 11.6 Å². The van der Waals surface area contributed by atoms with E-state index in [0.717, 1.165) is 0 Å². The van der Waals surface area contributed by atoms with Gasteiger partial charge in [-0.15, -0.1) is 13.2 Å². The summed E-state index contributed by atoms with van der Waals surface area (Å²) in [5.41, 5.74) is 3.20. The van der Waals surface area contributed by atoms with E-state index < -0.39 is 34.9 Å². The summed E-state index contributed by atoms with van der Waals surface area (Å²) in [6.45, 7) is 0. The van der Waals surface area contributed by atoms with Crippen LogP contribution in [0.15, 0.2) is 6.20 Å². The highest BCUT2D eigenvalue weighted by Gasteiger charge is 2.33. The smallest absolute Gasteiger partial charge is 0.402 e. The normalized spacial score (nSPS) is 11.9. The fraction of sp³-hybridized carbons (Fsp3) is 0.286. The van der Waals surface area contributed by atoms with Crippen molar-refractivity contribution >= 4 is 17.3 Å². The van der Waals surface area contributed by atoms with Crippen LogP contribution in [-0.2, 0) is 0 Å². The molecule has 0 unspecified atom stereocenters. The van der Waals surface area contributed by atoms with Crippen LogP contribution in [0.25, 0.3) is 0 Å². The second-order valence-electron chi connectivity index (χ2n) is 2.59. The number of anilines is 1. The molecule has 0 aliphatic rings. The molecule has 1 heterocycles. The fourth-order valence-corrected chi connectivity index (χ4v) is 1.14. The zero-order chi connectivity index (χ0) is 12.5. The standard InChI is InChI=1S/C7H4ClF5N2O/c8-5-3(6(9)10)4(14)2(1-15-5)16-7(11,12)13/h1,6H,(H2,14,15). The zero-order valence-electron chi connectivity index (χ0n) is 7.36. The number of halogens is 6. The maximum atomic E-state index is 12.4. The van der Waals surface area contributed by atoms with Gasteiger partial charge in [-0.3, -0.25) is 0 Å². The van der Waals surface area contributed by atoms with Crippen molar-refractivity contribution in [2.45, 2.75) is 12.8 Å². The molecule has 0 aliphatic heterocycles. The van der Waals surface area contributed by atoms with E-state index in [1.807, 2.05) is 0 Å². The second kappa shape index (κ2) is 4.28. The summed E-state index contributed by atoms with van der Waals surface area (Å²) in [5, 5.41) is -0.665. The molecular weight excluding hydrogens is 259 g/mol. The van der Waals surface area contributed by atoms with Gasteiger partial charge in [-0.2, -0.15) is 0 Å². The summed E-state index contributed by atoms with van der Waals surface area (Å²) in [6.07, 6.45) is -7.66. The molecule has 0 fully saturated rings. The molecule has 0 radical (unpaired) electrons. The molecule has 1 rings (SSSR count). The summed E-state index contributed by atoms with van der Waals surface area (Å²) in [7, 11) is 0. The highest BCUT2D eigenvalue weighted by molar-refractivity contribution is 6.30. The molecule has 0 spiro atoms. The third-order valence-electron chi connectivity index (χ3n) is 1.52. The van der Waals surface area contributed by atoms with E-state index in [-0.39, 0.29) is 0 Å². The molecule has 0 saturated carbocycles. The van der Waals surface area contributed by atoms with Gasteiger partial charge in [-0.25, -0.2) is 13.8 Å². The van der Waals surface area contributed by atoms with Crippen molar-refractivity contribution in [2.24, 2.45) is 0 Å². The third kappa shape index (κ3) is 2.84. The molecule has 3 nitrogen and oxygen atoms in total. The Kier molecular flexibility index (Phi) is 3.41. The van der Waals surface area contributed by atoms with E-state index in [2.05, 4.69) is 9.72 Å². The average molecular weight is 263 g/mol. The van der Waals surface area contributed by atoms with Crippen LogP contribution < -0.4 is 10.5 Å². The Labute approximate surface area is 91.0 Å². The van der Waals surface area contributed by atoms with Crippen LogP contribution in [0.5, 0.6) is 5.75 Å². The first-order valence-electron chi connectivity index (χ1n) is 3.70. The Morgan fingerprint density at radius 2 is 1.94 bits per heavy atom. The van der Waals surface area contributed by atoms with Gasteiger partial charge in [0, 0.05) is 0 Å². The van der Waals surface area contributed by atoms with Crippen LogP contribution in [0.3, 0.4) is 0 Å². The average Bonchev–Trinajstić information content (AvgIpc) is 2.07. The Hall–Kier alpha value is -1.31. The van der Waals surface area contributed by atoms with Gasteiger partial charge >= 0.3 is 6.36 Å². The molecule has 0 aromatic carbocycles. The number of alkyl halides is 5. The molecule has 9 heteroatoms. The maximum Gasteiger partial charge on any atom is 0.573 e. The predicted octanol–water partition coefficient (Wildman–Crippen LogP) is 3.15. The Balaban J connectivity index is 3.19. The lowest BCUT2D eigenvalue weighted by Gasteiger charge is -2.13. The molecule has 0 saturated heterocycles. The van der Waals surface area contributed by atoms with Gasteiger partial charge in [0.25, 0.3) is 6.43 Å². The summed E-state index contributed by atoms with van der Waals surface area (Å²) in [5.74, 6) is -1.01. The zero-order valence-corrected chi connectivity index (χ0v) is 8.11. The number of nitrogens with two attached hydrogens (primary N) is 1. The minimum absolute atomic E-state index is 0.525. The van der Waals surface area contributed by atoms with Crippen LogP contribution in [0.1, 0.15) is 12.0 Å². The van der Waals surface area contributed by atoms with Crippen LogP contribution >= 0.6 is 11.6 Å². The van der Waals surface area contributed by atoms with Crippen molar-refractivity contribution < 1.29 is 26.7 Å². The molecule has 1 aromatic rings. The van der Waals surface area contributed by atoms with Gasteiger partial charge in [0.1, 0.15) is 5.15 Å². The first-order valence-corrected chi connectivity index (χ1v) is 4.08. The van der Waals surface area contributed by atoms with Crippen molar-refractivity contribution in [3.63, 3.8) is 0 Å². The van der Waals surface area contributed by atoms with Crippen LogP contribution in [0, 0.1) is 0 Å². The van der Waals surface area contributed by atoms with E-state index in [1.54, 1.807) is 0 Å². The lowest BCUT2D eigenvalue weighted by molar-refractivity contribution is -0.274. The van der Waals surface area contributed by atoms with Gasteiger partial charge in [0.15, 0.2) is 5.75 Å². The summed E-state index contributed by atoms with van der Waals surface area (Å²) >= 11 is 5.26. The topological polar surface area (TPSA) is 48.1 Å². The number of pyridine rings is 1. The first-order chi connectivity index (χ1) is 7.22. The number of aromatic nitrogens is 1. The van der Waals surface area contributed by atoms with E-state index in [9.17, 15) is 22.0 Å². The van der Waals surface area contributed by atoms with E-state index in [4.69, 9.17) is 17.3 Å². The number of hydrogen-bond donors (Lipinski definition) is 1. The van der Waals surface area contributed by atoms with Gasteiger partial charge in [0.05, 0.1) is 17.4 Å². The highest BCUT2D eigenvalue weighted by Crippen LogP contribution is 2.38. The van der Waals surface area contributed by atoms with Gasteiger partial charge in [-0.05, 0) is 0 Å². The quantitative estimate of drug-likeness (QED) is 0.658. The largest absolute Gasteiger partial charge is 0.573 e. The van der Waals surface area contributed by atoms with Crippen molar-refractivity contribution in [2.75, 3.05) is 5.73 Å².